The number of halogens is 2. The minimum atomic E-state index is -0.959. The van der Waals surface area contributed by atoms with Gasteiger partial charge in [-0.1, -0.05) is 23.2 Å². The molecule has 0 amide bonds. The molecule has 0 saturated heterocycles. The predicted molar refractivity (Wildman–Crippen MR) is 68.6 cm³/mol. The van der Waals surface area contributed by atoms with Gasteiger partial charge in [-0.25, -0.2) is 4.79 Å². The summed E-state index contributed by atoms with van der Waals surface area (Å²) >= 11 is 11.8. The molecule has 0 spiro atoms. The maximum Gasteiger partial charge on any atom is 0.379 e. The first-order chi connectivity index (χ1) is 8.51. The fourth-order valence-electron chi connectivity index (χ4n) is 1.28. The Morgan fingerprint density at radius 2 is 1.78 bits per heavy atom. The van der Waals surface area contributed by atoms with Crippen molar-refractivity contribution in [2.24, 2.45) is 0 Å². The summed E-state index contributed by atoms with van der Waals surface area (Å²) in [6.45, 7) is 3.94. The molecule has 0 aliphatic rings. The molecule has 0 fully saturated rings. The second kappa shape index (κ2) is 6.61. The van der Waals surface area contributed by atoms with Gasteiger partial charge in [0.05, 0.1) is 23.3 Å². The molecule has 0 unspecified atom stereocenters. The highest BCUT2D eigenvalue weighted by atomic mass is 35.5. The zero-order valence-electron chi connectivity index (χ0n) is 9.96. The quantitative estimate of drug-likeness (QED) is 0.475. The predicted octanol–water partition coefficient (Wildman–Crippen LogP) is 3.14. The van der Waals surface area contributed by atoms with E-state index in [9.17, 15) is 9.59 Å². The lowest BCUT2D eigenvalue weighted by Crippen LogP contribution is -2.18. The highest BCUT2D eigenvalue weighted by molar-refractivity contribution is 6.46. The van der Waals surface area contributed by atoms with Crippen LogP contribution in [0.15, 0.2) is 12.1 Å². The largest absolute Gasteiger partial charge is 0.492 e. The van der Waals surface area contributed by atoms with Crippen LogP contribution in [0.5, 0.6) is 5.75 Å². The Morgan fingerprint density at radius 1 is 1.11 bits per heavy atom. The van der Waals surface area contributed by atoms with E-state index in [0.717, 1.165) is 0 Å². The number of benzene rings is 1. The summed E-state index contributed by atoms with van der Waals surface area (Å²) in [5.41, 5.74) is 0.00331. The van der Waals surface area contributed by atoms with Gasteiger partial charge in [-0.15, -0.1) is 0 Å². The minimum Gasteiger partial charge on any atom is -0.492 e. The molecule has 6 heteroatoms. The zero-order chi connectivity index (χ0) is 13.7. The van der Waals surface area contributed by atoms with Crippen LogP contribution < -0.4 is 4.74 Å². The first-order valence-electron chi connectivity index (χ1n) is 5.34. The third-order valence-corrected chi connectivity index (χ3v) is 2.63. The minimum absolute atomic E-state index is 0.00331. The van der Waals surface area contributed by atoms with E-state index in [2.05, 4.69) is 4.74 Å². The number of Topliss-reactive ketones (excluding diaryl/α,β-unsaturated/α-hetero) is 1. The molecule has 1 rings (SSSR count). The first kappa shape index (κ1) is 14.8. The number of hydrogen-bond acceptors (Lipinski definition) is 4. The van der Waals surface area contributed by atoms with Crippen molar-refractivity contribution in [1.82, 2.24) is 0 Å². The third-order valence-electron chi connectivity index (χ3n) is 2.03. The van der Waals surface area contributed by atoms with Crippen molar-refractivity contribution < 1.29 is 19.1 Å². The van der Waals surface area contributed by atoms with Crippen LogP contribution in [0.4, 0.5) is 0 Å². The Balaban J connectivity index is 3.07. The maximum atomic E-state index is 11.7. The monoisotopic (exact) mass is 290 g/mol. The zero-order valence-corrected chi connectivity index (χ0v) is 11.5. The van der Waals surface area contributed by atoms with Crippen LogP contribution in [0.2, 0.25) is 10.0 Å². The Bertz CT molecular complexity index is 471. The molecule has 0 N–H and O–H groups in total. The molecule has 1 aromatic rings. The summed E-state index contributed by atoms with van der Waals surface area (Å²) < 4.78 is 9.83. The lowest BCUT2D eigenvalue weighted by atomic mass is 10.1. The molecule has 18 heavy (non-hydrogen) atoms. The smallest absolute Gasteiger partial charge is 0.379 e. The fourth-order valence-corrected chi connectivity index (χ4v) is 1.73. The topological polar surface area (TPSA) is 52.6 Å². The number of carbonyl (C=O) groups excluding carboxylic acids is 2. The Hall–Kier alpha value is -1.26. The first-order valence-corrected chi connectivity index (χ1v) is 6.10. The molecule has 0 aliphatic heterocycles. The molecule has 0 saturated carbocycles. The van der Waals surface area contributed by atoms with Gasteiger partial charge in [-0.05, 0) is 19.9 Å². The van der Waals surface area contributed by atoms with Crippen LogP contribution in [-0.4, -0.2) is 25.0 Å². The maximum absolute atomic E-state index is 11.7. The highest BCUT2D eigenvalue weighted by Gasteiger charge is 2.22. The number of hydrogen-bond donors (Lipinski definition) is 0. The van der Waals surface area contributed by atoms with Gasteiger partial charge in [0.2, 0.25) is 0 Å². The van der Waals surface area contributed by atoms with E-state index in [1.54, 1.807) is 13.8 Å². The van der Waals surface area contributed by atoms with Gasteiger partial charge in [0.15, 0.2) is 0 Å². The second-order valence-corrected chi connectivity index (χ2v) is 4.06. The molecule has 1 aromatic carbocycles. The third kappa shape index (κ3) is 3.37. The summed E-state index contributed by atoms with van der Waals surface area (Å²) in [5, 5.41) is 0.315. The second-order valence-electron chi connectivity index (χ2n) is 3.25. The average Bonchev–Trinajstić information content (AvgIpc) is 2.33. The summed E-state index contributed by atoms with van der Waals surface area (Å²) in [7, 11) is 0. The van der Waals surface area contributed by atoms with Crippen molar-refractivity contribution in [3.05, 3.63) is 27.7 Å². The Labute approximate surface area is 115 Å². The van der Waals surface area contributed by atoms with E-state index in [-0.39, 0.29) is 22.2 Å². The van der Waals surface area contributed by atoms with Gasteiger partial charge in [-0.2, -0.15) is 0 Å². The Morgan fingerprint density at radius 3 is 2.33 bits per heavy atom. The average molecular weight is 291 g/mol. The van der Waals surface area contributed by atoms with Crippen molar-refractivity contribution in [3.8, 4) is 5.75 Å². The van der Waals surface area contributed by atoms with Crippen LogP contribution in [0.25, 0.3) is 0 Å². The van der Waals surface area contributed by atoms with Crippen molar-refractivity contribution in [2.45, 2.75) is 13.8 Å². The fraction of sp³-hybridized carbons (Fsp3) is 0.333. The molecule has 0 aliphatic carbocycles. The van der Waals surface area contributed by atoms with Crippen molar-refractivity contribution in [2.75, 3.05) is 13.2 Å². The summed E-state index contributed by atoms with van der Waals surface area (Å²) in [6.07, 6.45) is 0. The van der Waals surface area contributed by atoms with Crippen LogP contribution >= 0.6 is 23.2 Å². The molecular weight excluding hydrogens is 279 g/mol. The summed E-state index contributed by atoms with van der Waals surface area (Å²) in [5.74, 6) is -1.42. The van der Waals surface area contributed by atoms with Gasteiger partial charge < -0.3 is 9.47 Å². The van der Waals surface area contributed by atoms with Crippen molar-refractivity contribution >= 4 is 35.0 Å². The van der Waals surface area contributed by atoms with Crippen LogP contribution in [-0.2, 0) is 9.53 Å². The van der Waals surface area contributed by atoms with E-state index >= 15 is 0 Å². The normalized spacial score (nSPS) is 10.0. The highest BCUT2D eigenvalue weighted by Crippen LogP contribution is 2.31. The van der Waals surface area contributed by atoms with Gasteiger partial charge in [0, 0.05) is 11.6 Å². The van der Waals surface area contributed by atoms with E-state index in [1.165, 1.54) is 12.1 Å². The molecule has 98 valence electrons. The van der Waals surface area contributed by atoms with Crippen LogP contribution in [0.1, 0.15) is 24.2 Å². The number of esters is 1. The van der Waals surface area contributed by atoms with Crippen molar-refractivity contribution in [3.63, 3.8) is 0 Å². The standard InChI is InChI=1S/C12H12Cl2O4/c1-3-17-10-6-8(13)7(5-9(10)14)11(15)12(16)18-4-2/h5-6H,3-4H2,1-2H3. The van der Waals surface area contributed by atoms with E-state index in [4.69, 9.17) is 27.9 Å². The summed E-state index contributed by atoms with van der Waals surface area (Å²) in [6, 6.07) is 2.70. The van der Waals surface area contributed by atoms with Crippen molar-refractivity contribution in [1.29, 1.82) is 0 Å². The Kier molecular flexibility index (Phi) is 5.44. The van der Waals surface area contributed by atoms with E-state index in [0.29, 0.717) is 12.4 Å². The molecule has 0 radical (unpaired) electrons. The van der Waals surface area contributed by atoms with Crippen LogP contribution in [0, 0.1) is 0 Å². The molecular formula is C12H12Cl2O4. The van der Waals surface area contributed by atoms with Crippen LogP contribution in [0.3, 0.4) is 0 Å². The van der Waals surface area contributed by atoms with E-state index < -0.39 is 11.8 Å². The number of ether oxygens (including phenoxy) is 2. The number of rotatable bonds is 5. The molecule has 0 aromatic heterocycles. The lowest BCUT2D eigenvalue weighted by molar-refractivity contribution is -0.137. The molecule has 0 bridgehead atoms. The van der Waals surface area contributed by atoms with Gasteiger partial charge >= 0.3 is 5.97 Å². The SMILES string of the molecule is CCOC(=O)C(=O)c1cc(Cl)c(OCC)cc1Cl. The number of ketones is 1. The van der Waals surface area contributed by atoms with E-state index in [1.807, 2.05) is 0 Å². The molecule has 4 nitrogen and oxygen atoms in total. The van der Waals surface area contributed by atoms with Gasteiger partial charge in [-0.3, -0.25) is 4.79 Å². The summed E-state index contributed by atoms with van der Waals surface area (Å²) in [4.78, 5) is 23.0. The van der Waals surface area contributed by atoms with Gasteiger partial charge in [0.1, 0.15) is 5.75 Å². The number of carbonyl (C=O) groups is 2. The lowest BCUT2D eigenvalue weighted by Gasteiger charge is -2.09. The van der Waals surface area contributed by atoms with Gasteiger partial charge in [0.25, 0.3) is 5.78 Å². The molecule has 0 heterocycles. The molecule has 0 atom stereocenters.